The van der Waals surface area contributed by atoms with Crippen molar-refractivity contribution in [3.05, 3.63) is 21.8 Å². The Labute approximate surface area is 110 Å². The van der Waals surface area contributed by atoms with Gasteiger partial charge in [0, 0.05) is 15.4 Å². The third-order valence-electron chi connectivity index (χ3n) is 2.23. The first-order valence-electron chi connectivity index (χ1n) is 4.97. The van der Waals surface area contributed by atoms with Crippen LogP contribution in [-0.2, 0) is 0 Å². The smallest absolute Gasteiger partial charge is 0.0577 e. The summed E-state index contributed by atoms with van der Waals surface area (Å²) in [4.78, 5) is 0. The van der Waals surface area contributed by atoms with E-state index in [-0.39, 0.29) is 0 Å². The molecule has 0 aliphatic carbocycles. The van der Waals surface area contributed by atoms with Gasteiger partial charge in [-0.3, -0.25) is 0 Å². The number of thioether (sulfide) groups is 1. The summed E-state index contributed by atoms with van der Waals surface area (Å²) < 4.78 is 1.17. The highest BCUT2D eigenvalue weighted by atomic mass is 127. The summed E-state index contributed by atoms with van der Waals surface area (Å²) in [5.41, 5.74) is 7.83. The fraction of sp³-hybridized carbons (Fsp3) is 0.455. The maximum absolute atomic E-state index is 5.95. The van der Waals surface area contributed by atoms with Crippen LogP contribution in [0.15, 0.2) is 18.2 Å². The van der Waals surface area contributed by atoms with Gasteiger partial charge in [0.2, 0.25) is 0 Å². The van der Waals surface area contributed by atoms with Crippen molar-refractivity contribution in [2.24, 2.45) is 0 Å². The molecule has 0 aromatic heterocycles. The Morgan fingerprint density at radius 1 is 1.53 bits per heavy atom. The van der Waals surface area contributed by atoms with Crippen LogP contribution < -0.4 is 11.1 Å². The lowest BCUT2D eigenvalue weighted by molar-refractivity contribution is 0.775. The molecule has 15 heavy (non-hydrogen) atoms. The zero-order valence-electron chi connectivity index (χ0n) is 9.09. The van der Waals surface area contributed by atoms with E-state index >= 15 is 0 Å². The molecule has 1 unspecified atom stereocenters. The molecule has 4 heteroatoms. The third-order valence-corrected chi connectivity index (χ3v) is 3.64. The molecule has 0 spiro atoms. The number of hydrogen-bond donors (Lipinski definition) is 2. The van der Waals surface area contributed by atoms with E-state index in [1.54, 1.807) is 0 Å². The van der Waals surface area contributed by atoms with Crippen molar-refractivity contribution in [1.82, 2.24) is 0 Å². The summed E-state index contributed by atoms with van der Waals surface area (Å²) in [6.07, 6.45) is 3.24. The van der Waals surface area contributed by atoms with Crippen LogP contribution in [0.25, 0.3) is 0 Å². The molecule has 2 nitrogen and oxygen atoms in total. The van der Waals surface area contributed by atoms with Gasteiger partial charge in [-0.1, -0.05) is 6.92 Å². The summed E-state index contributed by atoms with van der Waals surface area (Å²) in [6.45, 7) is 2.19. The fourth-order valence-electron chi connectivity index (χ4n) is 1.35. The Morgan fingerprint density at radius 3 is 2.80 bits per heavy atom. The second kappa shape index (κ2) is 6.48. The van der Waals surface area contributed by atoms with Crippen LogP contribution in [0.2, 0.25) is 0 Å². The van der Waals surface area contributed by atoms with Gasteiger partial charge < -0.3 is 11.1 Å². The number of benzene rings is 1. The van der Waals surface area contributed by atoms with Crippen LogP contribution in [0, 0.1) is 3.57 Å². The number of rotatable bonds is 5. The minimum absolute atomic E-state index is 0.502. The molecule has 0 aliphatic heterocycles. The molecular formula is C11H17IN2S. The van der Waals surface area contributed by atoms with Crippen molar-refractivity contribution in [2.45, 2.75) is 19.4 Å². The lowest BCUT2D eigenvalue weighted by atomic mass is 10.2. The average molecular weight is 336 g/mol. The number of nitrogen functional groups attached to an aromatic ring is 1. The number of nitrogens with two attached hydrogens (primary N) is 1. The minimum atomic E-state index is 0.502. The largest absolute Gasteiger partial charge is 0.397 e. The Kier molecular flexibility index (Phi) is 5.60. The lowest BCUT2D eigenvalue weighted by Crippen LogP contribution is -2.21. The maximum atomic E-state index is 5.95. The molecule has 0 saturated carbocycles. The van der Waals surface area contributed by atoms with Gasteiger partial charge in [-0.2, -0.15) is 11.8 Å². The van der Waals surface area contributed by atoms with Gasteiger partial charge in [0.15, 0.2) is 0 Å². The molecule has 3 N–H and O–H groups in total. The first-order chi connectivity index (χ1) is 7.17. The Morgan fingerprint density at radius 2 is 2.27 bits per heavy atom. The second-order valence-electron chi connectivity index (χ2n) is 3.44. The van der Waals surface area contributed by atoms with E-state index in [9.17, 15) is 0 Å². The molecule has 0 amide bonds. The molecular weight excluding hydrogens is 319 g/mol. The summed E-state index contributed by atoms with van der Waals surface area (Å²) in [5, 5.41) is 3.48. The van der Waals surface area contributed by atoms with Crippen molar-refractivity contribution < 1.29 is 0 Å². The van der Waals surface area contributed by atoms with Crippen molar-refractivity contribution >= 4 is 45.7 Å². The Bertz CT molecular complexity index is 317. The van der Waals surface area contributed by atoms with Crippen LogP contribution in [0.5, 0.6) is 0 Å². The molecule has 1 aromatic rings. The Hall–Kier alpha value is -0.100. The molecule has 1 rings (SSSR count). The molecule has 84 valence electrons. The standard InChI is InChI=1S/C11H17IN2S/c1-3-9(7-15-2)14-11-5-4-8(12)6-10(11)13/h4-6,9,14H,3,7,13H2,1-2H3. The van der Waals surface area contributed by atoms with E-state index < -0.39 is 0 Å². The highest BCUT2D eigenvalue weighted by molar-refractivity contribution is 14.1. The van der Waals surface area contributed by atoms with Crippen LogP contribution in [0.4, 0.5) is 11.4 Å². The average Bonchev–Trinajstić information content (AvgIpc) is 2.21. The molecule has 0 fully saturated rings. The summed E-state index contributed by atoms with van der Waals surface area (Å²) in [6, 6.07) is 6.63. The molecule has 0 bridgehead atoms. The van der Waals surface area contributed by atoms with E-state index in [1.165, 1.54) is 3.57 Å². The Balaban J connectivity index is 2.70. The fourth-order valence-corrected chi connectivity index (χ4v) is 2.58. The van der Waals surface area contributed by atoms with Crippen molar-refractivity contribution in [3.8, 4) is 0 Å². The van der Waals surface area contributed by atoms with E-state index in [0.717, 1.165) is 23.5 Å². The van der Waals surface area contributed by atoms with Gasteiger partial charge in [-0.25, -0.2) is 0 Å². The number of nitrogens with one attached hydrogen (secondary N) is 1. The summed E-state index contributed by atoms with van der Waals surface area (Å²) in [5.74, 6) is 1.11. The van der Waals surface area contributed by atoms with Gasteiger partial charge >= 0.3 is 0 Å². The van der Waals surface area contributed by atoms with Crippen molar-refractivity contribution in [1.29, 1.82) is 0 Å². The summed E-state index contributed by atoms with van der Waals surface area (Å²) >= 11 is 4.13. The monoisotopic (exact) mass is 336 g/mol. The quantitative estimate of drug-likeness (QED) is 0.639. The minimum Gasteiger partial charge on any atom is -0.397 e. The molecule has 0 saturated heterocycles. The first kappa shape index (κ1) is 13.0. The number of anilines is 2. The SMILES string of the molecule is CCC(CSC)Nc1ccc(I)cc1N. The predicted octanol–water partition coefficient (Wildman–Crippen LogP) is 3.43. The van der Waals surface area contributed by atoms with E-state index in [4.69, 9.17) is 5.73 Å². The van der Waals surface area contributed by atoms with Crippen molar-refractivity contribution in [3.63, 3.8) is 0 Å². The topological polar surface area (TPSA) is 38.0 Å². The predicted molar refractivity (Wildman–Crippen MR) is 79.7 cm³/mol. The van der Waals surface area contributed by atoms with Crippen molar-refractivity contribution in [2.75, 3.05) is 23.1 Å². The number of hydrogen-bond acceptors (Lipinski definition) is 3. The van der Waals surface area contributed by atoms with E-state index in [0.29, 0.717) is 6.04 Å². The van der Waals surface area contributed by atoms with E-state index in [2.05, 4.69) is 53.2 Å². The molecule has 1 aromatic carbocycles. The molecule has 0 radical (unpaired) electrons. The molecule has 0 heterocycles. The normalized spacial score (nSPS) is 12.5. The zero-order valence-corrected chi connectivity index (χ0v) is 12.1. The second-order valence-corrected chi connectivity index (χ2v) is 5.59. The van der Waals surface area contributed by atoms with Gasteiger partial charge in [0.25, 0.3) is 0 Å². The maximum Gasteiger partial charge on any atom is 0.0577 e. The highest BCUT2D eigenvalue weighted by Crippen LogP contribution is 2.22. The van der Waals surface area contributed by atoms with Crippen LogP contribution in [-0.4, -0.2) is 18.1 Å². The summed E-state index contributed by atoms with van der Waals surface area (Å²) in [7, 11) is 0. The van der Waals surface area contributed by atoms with Crippen LogP contribution >= 0.6 is 34.4 Å². The van der Waals surface area contributed by atoms with Crippen LogP contribution in [0.1, 0.15) is 13.3 Å². The van der Waals surface area contributed by atoms with E-state index in [1.807, 2.05) is 17.8 Å². The van der Waals surface area contributed by atoms with Crippen LogP contribution in [0.3, 0.4) is 0 Å². The lowest BCUT2D eigenvalue weighted by Gasteiger charge is -2.18. The third kappa shape index (κ3) is 4.10. The van der Waals surface area contributed by atoms with Gasteiger partial charge in [-0.05, 0) is 53.5 Å². The van der Waals surface area contributed by atoms with Gasteiger partial charge in [0.1, 0.15) is 0 Å². The van der Waals surface area contributed by atoms with Gasteiger partial charge in [0.05, 0.1) is 11.4 Å². The number of halogens is 1. The highest BCUT2D eigenvalue weighted by Gasteiger charge is 2.07. The van der Waals surface area contributed by atoms with Gasteiger partial charge in [-0.15, -0.1) is 0 Å². The zero-order chi connectivity index (χ0) is 11.3. The first-order valence-corrected chi connectivity index (χ1v) is 7.45. The molecule has 0 aliphatic rings. The molecule has 1 atom stereocenters.